The Morgan fingerprint density at radius 3 is 2.85 bits per heavy atom. The third kappa shape index (κ3) is 1.58. The van der Waals surface area contributed by atoms with E-state index >= 15 is 0 Å². The molecule has 0 saturated heterocycles. The van der Waals surface area contributed by atoms with Gasteiger partial charge in [0.25, 0.3) is 0 Å². The number of nitrogens with two attached hydrogens (primary N) is 1. The molecule has 0 saturated carbocycles. The van der Waals surface area contributed by atoms with Crippen molar-refractivity contribution in [2.45, 2.75) is 6.42 Å². The zero-order valence-corrected chi connectivity index (χ0v) is 9.34. The van der Waals surface area contributed by atoms with Crippen LogP contribution in [0.2, 0.25) is 0 Å². The molecule has 68 valence electrons. The molecule has 0 aliphatic heterocycles. The van der Waals surface area contributed by atoms with Gasteiger partial charge in [0.1, 0.15) is 0 Å². The second kappa shape index (κ2) is 3.67. The lowest BCUT2D eigenvalue weighted by molar-refractivity contribution is 0.969. The maximum atomic E-state index is 5.56. The molecule has 3 N–H and O–H groups in total. The summed E-state index contributed by atoms with van der Waals surface area (Å²) in [5.74, 6) is 0. The van der Waals surface area contributed by atoms with Gasteiger partial charge in [0.05, 0.1) is 3.70 Å². The molecule has 1 aromatic carbocycles. The number of hydrogen-bond acceptors (Lipinski definition) is 1. The van der Waals surface area contributed by atoms with E-state index in [-0.39, 0.29) is 0 Å². The molecule has 0 fully saturated rings. The molecule has 2 aromatic rings. The van der Waals surface area contributed by atoms with Gasteiger partial charge in [-0.25, -0.2) is 0 Å². The number of nitrogens with one attached hydrogen (secondary N) is 1. The Balaban J connectivity index is 2.64. The molecule has 0 atom stereocenters. The Labute approximate surface area is 90.7 Å². The molecule has 0 aliphatic rings. The van der Waals surface area contributed by atoms with Crippen molar-refractivity contribution in [3.05, 3.63) is 33.5 Å². The molecule has 0 aliphatic carbocycles. The topological polar surface area (TPSA) is 41.8 Å². The number of fused-ring (bicyclic) bond motifs is 1. The fourth-order valence-electron chi connectivity index (χ4n) is 1.56. The number of para-hydroxylation sites is 1. The molecule has 1 heterocycles. The third-order valence-electron chi connectivity index (χ3n) is 2.16. The minimum atomic E-state index is 0.706. The van der Waals surface area contributed by atoms with E-state index in [4.69, 9.17) is 5.73 Å². The average Bonchev–Trinajstić information content (AvgIpc) is 2.44. The fourth-order valence-corrected chi connectivity index (χ4v) is 2.41. The Kier molecular flexibility index (Phi) is 2.55. The first-order valence-corrected chi connectivity index (χ1v) is 5.36. The number of hydrogen-bond donors (Lipinski definition) is 2. The minimum absolute atomic E-state index is 0.706. The third-order valence-corrected chi connectivity index (χ3v) is 3.08. The van der Waals surface area contributed by atoms with E-state index in [1.165, 1.54) is 20.2 Å². The zero-order valence-electron chi connectivity index (χ0n) is 7.18. The van der Waals surface area contributed by atoms with Gasteiger partial charge in [-0.15, -0.1) is 0 Å². The molecular formula is C10H11IN2. The van der Waals surface area contributed by atoms with Gasteiger partial charge >= 0.3 is 0 Å². The van der Waals surface area contributed by atoms with Crippen LogP contribution in [0.4, 0.5) is 0 Å². The van der Waals surface area contributed by atoms with Crippen molar-refractivity contribution in [2.75, 3.05) is 6.54 Å². The van der Waals surface area contributed by atoms with Crippen molar-refractivity contribution in [1.29, 1.82) is 0 Å². The highest BCUT2D eigenvalue weighted by Gasteiger charge is 2.06. The summed E-state index contributed by atoms with van der Waals surface area (Å²) in [6.45, 7) is 0.706. The molecule has 1 aromatic heterocycles. The first-order chi connectivity index (χ1) is 6.33. The predicted octanol–water partition coefficient (Wildman–Crippen LogP) is 2.27. The van der Waals surface area contributed by atoms with Gasteiger partial charge in [0.15, 0.2) is 0 Å². The van der Waals surface area contributed by atoms with Gasteiger partial charge in [0, 0.05) is 10.9 Å². The Bertz CT molecular complexity index is 420. The molecular weight excluding hydrogens is 279 g/mol. The smallest absolute Gasteiger partial charge is 0.0815 e. The summed E-state index contributed by atoms with van der Waals surface area (Å²) in [6.07, 6.45) is 0.947. The first kappa shape index (κ1) is 9.02. The number of aromatic amines is 1. The molecule has 3 heteroatoms. The van der Waals surface area contributed by atoms with E-state index in [1.807, 2.05) is 6.07 Å². The van der Waals surface area contributed by atoms with Gasteiger partial charge < -0.3 is 10.7 Å². The first-order valence-electron chi connectivity index (χ1n) is 4.28. The normalized spacial score (nSPS) is 10.9. The second-order valence-corrected chi connectivity index (χ2v) is 4.08. The second-order valence-electron chi connectivity index (χ2n) is 3.00. The van der Waals surface area contributed by atoms with Crippen molar-refractivity contribution in [2.24, 2.45) is 5.73 Å². The summed E-state index contributed by atoms with van der Waals surface area (Å²) in [4.78, 5) is 3.34. The predicted molar refractivity (Wildman–Crippen MR) is 63.8 cm³/mol. The largest absolute Gasteiger partial charge is 0.350 e. The maximum absolute atomic E-state index is 5.56. The van der Waals surface area contributed by atoms with Gasteiger partial charge in [-0.3, -0.25) is 0 Å². The number of H-pyrrole nitrogens is 1. The Morgan fingerprint density at radius 2 is 2.08 bits per heavy atom. The summed E-state index contributed by atoms with van der Waals surface area (Å²) < 4.78 is 1.21. The Hall–Kier alpha value is -0.550. The van der Waals surface area contributed by atoms with Crippen LogP contribution in [0.5, 0.6) is 0 Å². The summed E-state index contributed by atoms with van der Waals surface area (Å²) in [5, 5.41) is 1.30. The summed E-state index contributed by atoms with van der Waals surface area (Å²) in [7, 11) is 0. The standard InChI is InChI=1S/C10H11IN2/c11-10-8(5-6-12)7-3-1-2-4-9(7)13-10/h1-4,13H,5-6,12H2/i11+4. The molecule has 13 heavy (non-hydrogen) atoms. The molecule has 2 nitrogen and oxygen atoms in total. The lowest BCUT2D eigenvalue weighted by Gasteiger charge is -1.95. The van der Waals surface area contributed by atoms with Crippen LogP contribution in [0.15, 0.2) is 24.3 Å². The van der Waals surface area contributed by atoms with E-state index < -0.39 is 0 Å². The van der Waals surface area contributed by atoms with Crippen LogP contribution in [0.3, 0.4) is 0 Å². The van der Waals surface area contributed by atoms with Gasteiger partial charge in [-0.05, 0) is 47.2 Å². The van der Waals surface area contributed by atoms with Crippen molar-refractivity contribution in [1.82, 2.24) is 4.98 Å². The number of benzene rings is 1. The van der Waals surface area contributed by atoms with Crippen molar-refractivity contribution >= 4 is 33.5 Å². The SMILES string of the molecule is NCCc1c([131I])[nH]c2ccccc12. The van der Waals surface area contributed by atoms with Crippen LogP contribution < -0.4 is 5.73 Å². The highest BCUT2D eigenvalue weighted by molar-refractivity contribution is 14.1. The van der Waals surface area contributed by atoms with E-state index in [1.54, 1.807) is 0 Å². The summed E-state index contributed by atoms with van der Waals surface area (Å²) in [5.41, 5.74) is 8.11. The monoisotopic (exact) mass is 290 g/mol. The average molecular weight is 290 g/mol. The van der Waals surface area contributed by atoms with E-state index in [9.17, 15) is 0 Å². The van der Waals surface area contributed by atoms with E-state index in [0.717, 1.165) is 6.42 Å². The molecule has 0 radical (unpaired) electrons. The number of rotatable bonds is 2. The van der Waals surface area contributed by atoms with Crippen LogP contribution in [-0.2, 0) is 6.42 Å². The molecule has 0 bridgehead atoms. The molecule has 0 amide bonds. The highest BCUT2D eigenvalue weighted by Crippen LogP contribution is 2.23. The number of halogens is 1. The summed E-state index contributed by atoms with van der Waals surface area (Å²) in [6, 6.07) is 8.34. The van der Waals surface area contributed by atoms with Crippen LogP contribution in [0, 0.1) is 3.70 Å². The fraction of sp³-hybridized carbons (Fsp3) is 0.200. The van der Waals surface area contributed by atoms with Crippen LogP contribution in [0.1, 0.15) is 5.56 Å². The van der Waals surface area contributed by atoms with E-state index in [0.29, 0.717) is 6.54 Å². The molecule has 0 unspecified atom stereocenters. The van der Waals surface area contributed by atoms with Gasteiger partial charge in [0.2, 0.25) is 0 Å². The quantitative estimate of drug-likeness (QED) is 0.819. The van der Waals surface area contributed by atoms with Crippen molar-refractivity contribution in [3.63, 3.8) is 0 Å². The van der Waals surface area contributed by atoms with Gasteiger partial charge in [-0.2, -0.15) is 0 Å². The lowest BCUT2D eigenvalue weighted by atomic mass is 10.1. The summed E-state index contributed by atoms with van der Waals surface area (Å²) >= 11 is 2.33. The van der Waals surface area contributed by atoms with E-state index in [2.05, 4.69) is 45.8 Å². The zero-order chi connectivity index (χ0) is 9.26. The van der Waals surface area contributed by atoms with Crippen molar-refractivity contribution in [3.8, 4) is 0 Å². The van der Waals surface area contributed by atoms with Crippen LogP contribution in [-0.4, -0.2) is 11.5 Å². The van der Waals surface area contributed by atoms with Crippen molar-refractivity contribution < 1.29 is 0 Å². The van der Waals surface area contributed by atoms with Crippen LogP contribution in [0.25, 0.3) is 10.9 Å². The van der Waals surface area contributed by atoms with Gasteiger partial charge in [-0.1, -0.05) is 18.2 Å². The lowest BCUT2D eigenvalue weighted by Crippen LogP contribution is -2.03. The molecule has 2 rings (SSSR count). The maximum Gasteiger partial charge on any atom is 0.0815 e. The molecule has 0 spiro atoms. The highest BCUT2D eigenvalue weighted by atomic mass is 131. The number of aromatic nitrogens is 1. The van der Waals surface area contributed by atoms with Crippen LogP contribution >= 0.6 is 22.6 Å². The minimum Gasteiger partial charge on any atom is -0.350 e. The Morgan fingerprint density at radius 1 is 1.31 bits per heavy atom.